The summed E-state index contributed by atoms with van der Waals surface area (Å²) >= 11 is 6.48. The van der Waals surface area contributed by atoms with Gasteiger partial charge in [0.2, 0.25) is 17.7 Å². The van der Waals surface area contributed by atoms with Crippen LogP contribution in [0.5, 0.6) is 0 Å². The van der Waals surface area contributed by atoms with Crippen LogP contribution in [0.2, 0.25) is 5.02 Å². The summed E-state index contributed by atoms with van der Waals surface area (Å²) in [5.41, 5.74) is 0.229. The molecule has 1 aliphatic rings. The SMILES string of the molecule is CCN(Cc1ccccc1)C(=O)CC1(c2ccccc2Cl)CC(=O)N(CCCOC)C1=O. The van der Waals surface area contributed by atoms with E-state index in [1.54, 1.807) is 36.3 Å². The molecule has 1 atom stereocenters. The summed E-state index contributed by atoms with van der Waals surface area (Å²) in [5, 5.41) is 0.381. The van der Waals surface area contributed by atoms with Gasteiger partial charge in [0.25, 0.3) is 0 Å². The largest absolute Gasteiger partial charge is 0.385 e. The molecule has 32 heavy (non-hydrogen) atoms. The molecule has 1 heterocycles. The van der Waals surface area contributed by atoms with E-state index >= 15 is 0 Å². The Morgan fingerprint density at radius 2 is 1.81 bits per heavy atom. The molecule has 3 rings (SSSR count). The van der Waals surface area contributed by atoms with Gasteiger partial charge in [-0.1, -0.05) is 60.1 Å². The Labute approximate surface area is 194 Å². The molecule has 3 amide bonds. The Morgan fingerprint density at radius 3 is 2.47 bits per heavy atom. The Bertz CT molecular complexity index is 965. The third-order valence-corrected chi connectivity index (χ3v) is 6.26. The zero-order valence-corrected chi connectivity index (χ0v) is 19.3. The van der Waals surface area contributed by atoms with Crippen molar-refractivity contribution in [2.45, 2.75) is 38.1 Å². The number of halogens is 1. The molecular weight excluding hydrogens is 428 g/mol. The van der Waals surface area contributed by atoms with E-state index < -0.39 is 5.41 Å². The monoisotopic (exact) mass is 456 g/mol. The second-order valence-corrected chi connectivity index (χ2v) is 8.41. The summed E-state index contributed by atoms with van der Waals surface area (Å²) in [4.78, 5) is 42.9. The van der Waals surface area contributed by atoms with Crippen molar-refractivity contribution in [3.63, 3.8) is 0 Å². The number of hydrogen-bond donors (Lipinski definition) is 0. The van der Waals surface area contributed by atoms with Crippen molar-refractivity contribution in [3.05, 3.63) is 70.7 Å². The fraction of sp³-hybridized carbons (Fsp3) is 0.400. The smallest absolute Gasteiger partial charge is 0.240 e. The standard InChI is InChI=1S/C25H29ClN2O4/c1-3-27(18-19-10-5-4-6-11-19)22(29)16-25(20-12-7-8-13-21(20)26)17-23(30)28(24(25)31)14-9-15-32-2/h4-8,10-13H,3,9,14-18H2,1-2H3. The van der Waals surface area contributed by atoms with E-state index in [1.165, 1.54) is 4.90 Å². The molecule has 0 N–H and O–H groups in total. The number of ether oxygens (including phenoxy) is 1. The molecule has 170 valence electrons. The van der Waals surface area contributed by atoms with Gasteiger partial charge in [0.1, 0.15) is 0 Å². The summed E-state index contributed by atoms with van der Waals surface area (Å²) in [6.45, 7) is 3.53. The van der Waals surface area contributed by atoms with Crippen LogP contribution in [0.4, 0.5) is 0 Å². The van der Waals surface area contributed by atoms with Crippen molar-refractivity contribution >= 4 is 29.3 Å². The average Bonchev–Trinajstić information content (AvgIpc) is 3.03. The Hall–Kier alpha value is -2.70. The molecule has 1 fully saturated rings. The van der Waals surface area contributed by atoms with Crippen LogP contribution < -0.4 is 0 Å². The number of rotatable bonds is 10. The third-order valence-electron chi connectivity index (χ3n) is 5.93. The quantitative estimate of drug-likeness (QED) is 0.402. The van der Waals surface area contributed by atoms with Crippen molar-refractivity contribution in [2.24, 2.45) is 0 Å². The van der Waals surface area contributed by atoms with Crippen molar-refractivity contribution in [2.75, 3.05) is 26.8 Å². The second kappa shape index (κ2) is 10.7. The van der Waals surface area contributed by atoms with Gasteiger partial charge in [0, 0.05) is 51.2 Å². The minimum Gasteiger partial charge on any atom is -0.385 e. The molecule has 2 aromatic rings. The van der Waals surface area contributed by atoms with E-state index in [9.17, 15) is 14.4 Å². The zero-order chi connectivity index (χ0) is 23.1. The lowest BCUT2D eigenvalue weighted by atomic mass is 9.75. The van der Waals surface area contributed by atoms with Crippen molar-refractivity contribution < 1.29 is 19.1 Å². The van der Waals surface area contributed by atoms with E-state index in [0.717, 1.165) is 5.56 Å². The normalized spacial score (nSPS) is 18.3. The number of benzene rings is 2. The highest BCUT2D eigenvalue weighted by atomic mass is 35.5. The Morgan fingerprint density at radius 1 is 1.12 bits per heavy atom. The molecule has 6 nitrogen and oxygen atoms in total. The molecule has 1 aliphatic heterocycles. The van der Waals surface area contributed by atoms with Gasteiger partial charge in [-0.05, 0) is 30.5 Å². The van der Waals surface area contributed by atoms with E-state index in [1.807, 2.05) is 37.3 Å². The minimum atomic E-state index is -1.30. The fourth-order valence-electron chi connectivity index (χ4n) is 4.24. The average molecular weight is 457 g/mol. The summed E-state index contributed by atoms with van der Waals surface area (Å²) < 4.78 is 5.06. The van der Waals surface area contributed by atoms with E-state index in [-0.39, 0.29) is 37.1 Å². The first-order chi connectivity index (χ1) is 15.4. The number of amides is 3. The fourth-order valence-corrected chi connectivity index (χ4v) is 4.55. The molecular formula is C25H29ClN2O4. The first kappa shape index (κ1) is 24.0. The number of methoxy groups -OCH3 is 1. The van der Waals surface area contributed by atoms with E-state index in [2.05, 4.69) is 0 Å². The molecule has 2 aromatic carbocycles. The van der Waals surface area contributed by atoms with E-state index in [4.69, 9.17) is 16.3 Å². The van der Waals surface area contributed by atoms with Crippen LogP contribution in [0.25, 0.3) is 0 Å². The lowest BCUT2D eigenvalue weighted by Gasteiger charge is -2.31. The number of carbonyl (C=O) groups is 3. The van der Waals surface area contributed by atoms with Crippen LogP contribution in [0, 0.1) is 0 Å². The first-order valence-corrected chi connectivity index (χ1v) is 11.2. The molecule has 0 saturated carbocycles. The predicted molar refractivity (Wildman–Crippen MR) is 123 cm³/mol. The van der Waals surface area contributed by atoms with E-state index in [0.29, 0.717) is 36.7 Å². The predicted octanol–water partition coefficient (Wildman–Crippen LogP) is 3.81. The minimum absolute atomic E-state index is 0.0722. The Kier molecular flexibility index (Phi) is 8.04. The van der Waals surface area contributed by atoms with Gasteiger partial charge in [-0.25, -0.2) is 0 Å². The number of imide groups is 1. The van der Waals surface area contributed by atoms with Gasteiger partial charge in [-0.2, -0.15) is 0 Å². The highest BCUT2D eigenvalue weighted by Gasteiger charge is 2.54. The Balaban J connectivity index is 1.92. The number of likely N-dealkylation sites (tertiary alicyclic amines) is 1. The second-order valence-electron chi connectivity index (χ2n) is 8.01. The van der Waals surface area contributed by atoms with Gasteiger partial charge < -0.3 is 9.64 Å². The van der Waals surface area contributed by atoms with Gasteiger partial charge in [-0.15, -0.1) is 0 Å². The number of carbonyl (C=O) groups excluding carboxylic acids is 3. The summed E-state index contributed by atoms with van der Waals surface area (Å²) in [7, 11) is 1.58. The zero-order valence-electron chi connectivity index (χ0n) is 18.6. The summed E-state index contributed by atoms with van der Waals surface area (Å²) in [6, 6.07) is 16.7. The molecule has 1 saturated heterocycles. The maximum absolute atomic E-state index is 13.6. The number of nitrogens with zero attached hydrogens (tertiary/aromatic N) is 2. The highest BCUT2D eigenvalue weighted by Crippen LogP contribution is 2.43. The van der Waals surface area contributed by atoms with Gasteiger partial charge in [-0.3, -0.25) is 19.3 Å². The molecule has 0 spiro atoms. The van der Waals surface area contributed by atoms with Crippen molar-refractivity contribution in [1.82, 2.24) is 9.80 Å². The molecule has 0 bridgehead atoms. The van der Waals surface area contributed by atoms with Crippen molar-refractivity contribution in [1.29, 1.82) is 0 Å². The molecule has 1 unspecified atom stereocenters. The van der Waals surface area contributed by atoms with Crippen LogP contribution in [0.1, 0.15) is 37.3 Å². The number of hydrogen-bond acceptors (Lipinski definition) is 4. The van der Waals surface area contributed by atoms with Gasteiger partial charge in [0.05, 0.1) is 5.41 Å². The molecule has 0 radical (unpaired) electrons. The van der Waals surface area contributed by atoms with Crippen LogP contribution >= 0.6 is 11.6 Å². The van der Waals surface area contributed by atoms with Crippen LogP contribution in [0.3, 0.4) is 0 Å². The van der Waals surface area contributed by atoms with Gasteiger partial charge >= 0.3 is 0 Å². The summed E-state index contributed by atoms with van der Waals surface area (Å²) in [6.07, 6.45) is 0.357. The van der Waals surface area contributed by atoms with Crippen LogP contribution in [-0.2, 0) is 31.1 Å². The van der Waals surface area contributed by atoms with Crippen LogP contribution in [0.15, 0.2) is 54.6 Å². The lowest BCUT2D eigenvalue weighted by Crippen LogP contribution is -2.43. The van der Waals surface area contributed by atoms with Crippen LogP contribution in [-0.4, -0.2) is 54.3 Å². The lowest BCUT2D eigenvalue weighted by molar-refractivity contribution is -0.143. The van der Waals surface area contributed by atoms with Gasteiger partial charge in [0.15, 0.2) is 0 Å². The summed E-state index contributed by atoms with van der Waals surface area (Å²) in [5.74, 6) is -0.836. The first-order valence-electron chi connectivity index (χ1n) is 10.8. The third kappa shape index (κ3) is 5.03. The maximum atomic E-state index is 13.6. The molecule has 0 aliphatic carbocycles. The molecule has 7 heteroatoms. The molecule has 0 aromatic heterocycles. The highest BCUT2D eigenvalue weighted by molar-refractivity contribution is 6.32. The topological polar surface area (TPSA) is 66.9 Å². The van der Waals surface area contributed by atoms with Crippen molar-refractivity contribution in [3.8, 4) is 0 Å². The maximum Gasteiger partial charge on any atom is 0.240 e.